The Balaban J connectivity index is 2.41. The Labute approximate surface area is 102 Å². The maximum absolute atomic E-state index is 13.4. The molecule has 92 valence electrons. The number of benzene rings is 1. The number of hydrogen-bond acceptors (Lipinski definition) is 4. The van der Waals surface area contributed by atoms with Gasteiger partial charge in [0.2, 0.25) is 0 Å². The van der Waals surface area contributed by atoms with E-state index in [0.717, 1.165) is 12.1 Å². The number of aromatic amines is 1. The predicted octanol–water partition coefficient (Wildman–Crippen LogP) is 1.22. The van der Waals surface area contributed by atoms with Gasteiger partial charge in [-0.05, 0) is 12.1 Å². The zero-order chi connectivity index (χ0) is 13.2. The highest BCUT2D eigenvalue weighted by atomic mass is 32.2. The summed E-state index contributed by atoms with van der Waals surface area (Å²) in [6, 6.07) is 6.69. The molecular weight excluding hydrogens is 259 g/mol. The van der Waals surface area contributed by atoms with Crippen molar-refractivity contribution in [1.82, 2.24) is 10.2 Å². The first-order valence-electron chi connectivity index (χ1n) is 4.75. The quantitative estimate of drug-likeness (QED) is 0.872. The lowest BCUT2D eigenvalue weighted by Gasteiger charge is -2.06. The van der Waals surface area contributed by atoms with Crippen LogP contribution in [-0.4, -0.2) is 18.6 Å². The highest BCUT2D eigenvalue weighted by molar-refractivity contribution is 7.92. The molecule has 0 unspecified atom stereocenters. The molecule has 0 radical (unpaired) electrons. The third-order valence-electron chi connectivity index (χ3n) is 2.12. The lowest BCUT2D eigenvalue weighted by molar-refractivity contribution is 0.570. The second kappa shape index (κ2) is 4.46. The van der Waals surface area contributed by atoms with Crippen LogP contribution in [0.1, 0.15) is 5.56 Å². The lowest BCUT2D eigenvalue weighted by atomic mass is 10.3. The van der Waals surface area contributed by atoms with E-state index in [2.05, 4.69) is 14.9 Å². The Morgan fingerprint density at radius 2 is 2.11 bits per heavy atom. The van der Waals surface area contributed by atoms with Crippen LogP contribution in [0.25, 0.3) is 0 Å². The predicted molar refractivity (Wildman–Crippen MR) is 60.5 cm³/mol. The molecule has 0 bridgehead atoms. The van der Waals surface area contributed by atoms with Crippen molar-refractivity contribution in [3.05, 3.63) is 41.8 Å². The van der Waals surface area contributed by atoms with Gasteiger partial charge in [0, 0.05) is 0 Å². The van der Waals surface area contributed by atoms with E-state index in [0.29, 0.717) is 0 Å². The van der Waals surface area contributed by atoms with Crippen LogP contribution in [0.4, 0.5) is 10.2 Å². The first-order chi connectivity index (χ1) is 8.54. The van der Waals surface area contributed by atoms with Crippen LogP contribution in [0.5, 0.6) is 0 Å². The van der Waals surface area contributed by atoms with Gasteiger partial charge in [0.05, 0.1) is 6.20 Å². The molecule has 1 heterocycles. The normalized spacial score (nSPS) is 10.9. The first kappa shape index (κ1) is 12.1. The van der Waals surface area contributed by atoms with Crippen molar-refractivity contribution in [2.75, 3.05) is 4.72 Å². The average molecular weight is 266 g/mol. The van der Waals surface area contributed by atoms with Crippen molar-refractivity contribution in [1.29, 1.82) is 5.26 Å². The molecule has 2 rings (SSSR count). The van der Waals surface area contributed by atoms with Crippen LogP contribution < -0.4 is 4.72 Å². The molecule has 18 heavy (non-hydrogen) atoms. The molecular formula is C10H7FN4O2S. The van der Waals surface area contributed by atoms with Crippen LogP contribution in [0.3, 0.4) is 0 Å². The molecule has 0 fully saturated rings. The maximum Gasteiger partial charge on any atom is 0.265 e. The van der Waals surface area contributed by atoms with Gasteiger partial charge in [-0.25, -0.2) is 12.8 Å². The zero-order valence-electron chi connectivity index (χ0n) is 8.88. The van der Waals surface area contributed by atoms with Gasteiger partial charge in [-0.1, -0.05) is 12.1 Å². The van der Waals surface area contributed by atoms with Crippen LogP contribution in [0.15, 0.2) is 35.4 Å². The number of nitrogens with one attached hydrogen (secondary N) is 2. The van der Waals surface area contributed by atoms with E-state index in [1.54, 1.807) is 6.07 Å². The van der Waals surface area contributed by atoms with Crippen molar-refractivity contribution in [3.8, 4) is 6.07 Å². The number of H-pyrrole nitrogens is 1. The van der Waals surface area contributed by atoms with E-state index >= 15 is 0 Å². The number of hydrogen-bond donors (Lipinski definition) is 2. The molecule has 1 aromatic carbocycles. The van der Waals surface area contributed by atoms with Crippen LogP contribution >= 0.6 is 0 Å². The van der Waals surface area contributed by atoms with E-state index in [9.17, 15) is 12.8 Å². The summed E-state index contributed by atoms with van der Waals surface area (Å²) in [5, 5.41) is 14.6. The van der Waals surface area contributed by atoms with E-state index in [1.807, 2.05) is 0 Å². The molecule has 2 aromatic rings. The zero-order valence-corrected chi connectivity index (χ0v) is 9.70. The minimum Gasteiger partial charge on any atom is -0.263 e. The highest BCUT2D eigenvalue weighted by Gasteiger charge is 2.20. The number of rotatable bonds is 3. The van der Waals surface area contributed by atoms with Gasteiger partial charge in [-0.15, -0.1) is 0 Å². The van der Waals surface area contributed by atoms with Crippen molar-refractivity contribution in [2.24, 2.45) is 0 Å². The second-order valence-electron chi connectivity index (χ2n) is 3.31. The molecule has 0 spiro atoms. The Hall–Kier alpha value is -2.40. The SMILES string of the molecule is N#Cc1cn[nH]c1NS(=O)(=O)c1ccccc1F. The maximum atomic E-state index is 13.4. The minimum absolute atomic E-state index is 0.0231. The number of nitrogens with zero attached hydrogens (tertiary/aromatic N) is 2. The van der Waals surface area contributed by atoms with Gasteiger partial charge < -0.3 is 0 Å². The number of sulfonamides is 1. The van der Waals surface area contributed by atoms with Crippen molar-refractivity contribution >= 4 is 15.8 Å². The van der Waals surface area contributed by atoms with Gasteiger partial charge >= 0.3 is 0 Å². The molecule has 0 atom stereocenters. The molecule has 0 amide bonds. The van der Waals surface area contributed by atoms with Crippen molar-refractivity contribution in [2.45, 2.75) is 4.90 Å². The molecule has 1 aromatic heterocycles. The summed E-state index contributed by atoms with van der Waals surface area (Å²) in [5.74, 6) is -0.969. The molecule has 6 nitrogen and oxygen atoms in total. The Morgan fingerprint density at radius 3 is 2.78 bits per heavy atom. The van der Waals surface area contributed by atoms with E-state index < -0.39 is 20.7 Å². The lowest BCUT2D eigenvalue weighted by Crippen LogP contribution is -2.15. The van der Waals surface area contributed by atoms with Crippen LogP contribution in [0.2, 0.25) is 0 Å². The largest absolute Gasteiger partial charge is 0.265 e. The number of aromatic nitrogens is 2. The second-order valence-corrected chi connectivity index (χ2v) is 4.96. The fourth-order valence-corrected chi connectivity index (χ4v) is 2.42. The molecule has 2 N–H and O–H groups in total. The summed E-state index contributed by atoms with van der Waals surface area (Å²) in [6.45, 7) is 0. The van der Waals surface area contributed by atoms with Crippen molar-refractivity contribution in [3.63, 3.8) is 0 Å². The summed E-state index contributed by atoms with van der Waals surface area (Å²) in [4.78, 5) is -0.497. The average Bonchev–Trinajstić information content (AvgIpc) is 2.76. The Morgan fingerprint density at radius 1 is 1.39 bits per heavy atom. The van der Waals surface area contributed by atoms with E-state index in [1.165, 1.54) is 18.3 Å². The summed E-state index contributed by atoms with van der Waals surface area (Å²) >= 11 is 0. The van der Waals surface area contributed by atoms with Crippen LogP contribution in [0, 0.1) is 17.1 Å². The number of anilines is 1. The van der Waals surface area contributed by atoms with E-state index in [-0.39, 0.29) is 11.4 Å². The van der Waals surface area contributed by atoms with Gasteiger partial charge in [0.25, 0.3) is 10.0 Å². The standard InChI is InChI=1S/C10H7FN4O2S/c11-8-3-1-2-4-9(8)18(16,17)15-10-7(5-12)6-13-14-10/h1-4,6H,(H2,13,14,15). The molecule has 0 saturated heterocycles. The fraction of sp³-hybridized carbons (Fsp3) is 0. The van der Waals surface area contributed by atoms with Gasteiger partial charge in [-0.3, -0.25) is 9.82 Å². The highest BCUT2D eigenvalue weighted by Crippen LogP contribution is 2.18. The van der Waals surface area contributed by atoms with Gasteiger partial charge in [0.15, 0.2) is 5.82 Å². The first-order valence-corrected chi connectivity index (χ1v) is 6.24. The fourth-order valence-electron chi connectivity index (χ4n) is 1.30. The van der Waals surface area contributed by atoms with Crippen molar-refractivity contribution < 1.29 is 12.8 Å². The molecule has 0 aliphatic carbocycles. The molecule has 8 heteroatoms. The minimum atomic E-state index is -4.09. The van der Waals surface area contributed by atoms with Gasteiger partial charge in [0.1, 0.15) is 22.3 Å². The summed E-state index contributed by atoms with van der Waals surface area (Å²) in [6.07, 6.45) is 1.17. The Kier molecular flexibility index (Phi) is 2.99. The monoisotopic (exact) mass is 266 g/mol. The summed E-state index contributed by atoms with van der Waals surface area (Å²) in [5.41, 5.74) is 0.0231. The topological polar surface area (TPSA) is 98.6 Å². The third-order valence-corrected chi connectivity index (χ3v) is 3.51. The Bertz CT molecular complexity index is 717. The smallest absolute Gasteiger partial charge is 0.263 e. The van der Waals surface area contributed by atoms with Gasteiger partial charge in [-0.2, -0.15) is 10.4 Å². The number of halogens is 1. The molecule has 0 saturated carbocycles. The number of nitriles is 1. The molecule has 0 aliphatic rings. The van der Waals surface area contributed by atoms with Crippen LogP contribution in [-0.2, 0) is 10.0 Å². The summed E-state index contributed by atoms with van der Waals surface area (Å²) in [7, 11) is -4.09. The van der Waals surface area contributed by atoms with E-state index in [4.69, 9.17) is 5.26 Å². The summed E-state index contributed by atoms with van der Waals surface area (Å²) < 4.78 is 39.2. The third kappa shape index (κ3) is 2.16. The molecule has 0 aliphatic heterocycles.